The van der Waals surface area contributed by atoms with Crippen LogP contribution in [0.25, 0.3) is 0 Å². The zero-order chi connectivity index (χ0) is 38.0. The number of esters is 2. The van der Waals surface area contributed by atoms with Crippen LogP contribution in [0, 0.1) is 0 Å². The van der Waals surface area contributed by atoms with Crippen molar-refractivity contribution in [3.8, 4) is 0 Å². The third kappa shape index (κ3) is 38.5. The molecule has 0 aliphatic carbocycles. The van der Waals surface area contributed by atoms with Crippen molar-refractivity contribution in [1.29, 1.82) is 0 Å². The lowest BCUT2D eigenvalue weighted by Crippen LogP contribution is -2.28. The Hall–Kier alpha value is -2.70. The first-order chi connectivity index (χ1) is 25.5. The molecule has 0 radical (unpaired) electrons. The molecule has 0 saturated heterocycles. The van der Waals surface area contributed by atoms with E-state index in [1.807, 2.05) is 30.4 Å². The molecule has 0 aromatic heterocycles. The molecule has 6 heteroatoms. The summed E-state index contributed by atoms with van der Waals surface area (Å²) in [5.74, 6) is -0.772. The van der Waals surface area contributed by atoms with Crippen molar-refractivity contribution in [2.75, 3.05) is 13.2 Å². The van der Waals surface area contributed by atoms with Crippen LogP contribution in [0.2, 0.25) is 0 Å². The van der Waals surface area contributed by atoms with Crippen molar-refractivity contribution in [2.24, 2.45) is 0 Å². The molecule has 0 heterocycles. The molecule has 6 nitrogen and oxygen atoms in total. The average Bonchev–Trinajstić information content (AvgIpc) is 3.14. The molecule has 52 heavy (non-hydrogen) atoms. The molecule has 0 fully saturated rings. The van der Waals surface area contributed by atoms with E-state index in [1.165, 1.54) is 96.3 Å². The van der Waals surface area contributed by atoms with E-state index in [4.69, 9.17) is 9.47 Å². The molecule has 0 aliphatic heterocycles. The molecule has 0 amide bonds. The second-order valence-corrected chi connectivity index (χ2v) is 13.9. The van der Waals surface area contributed by atoms with Crippen LogP contribution >= 0.6 is 0 Å². The second kappa shape index (κ2) is 41.1. The fourth-order valence-electron chi connectivity index (χ4n) is 5.66. The number of hydrogen-bond donors (Lipinski definition) is 2. The van der Waals surface area contributed by atoms with E-state index in [1.54, 1.807) is 6.08 Å². The maximum Gasteiger partial charge on any atom is 0.306 e. The Morgan fingerprint density at radius 1 is 0.558 bits per heavy atom. The van der Waals surface area contributed by atoms with Crippen LogP contribution in [0.4, 0.5) is 0 Å². The van der Waals surface area contributed by atoms with Gasteiger partial charge in [-0.15, -0.1) is 0 Å². The van der Waals surface area contributed by atoms with Crippen LogP contribution in [0.1, 0.15) is 181 Å². The van der Waals surface area contributed by atoms with Gasteiger partial charge >= 0.3 is 11.9 Å². The lowest BCUT2D eigenvalue weighted by Gasteiger charge is -2.15. The minimum absolute atomic E-state index is 0.131. The zero-order valence-corrected chi connectivity index (χ0v) is 33.4. The maximum atomic E-state index is 12.2. The molecule has 1 unspecified atom stereocenters. The zero-order valence-electron chi connectivity index (χ0n) is 33.4. The number of carbonyl (C=O) groups is 2. The van der Waals surface area contributed by atoms with Crippen molar-refractivity contribution in [3.05, 3.63) is 72.9 Å². The van der Waals surface area contributed by atoms with Gasteiger partial charge in [0.2, 0.25) is 0 Å². The number of unbranched alkanes of at least 4 members (excludes halogenated alkanes) is 17. The van der Waals surface area contributed by atoms with E-state index >= 15 is 0 Å². The van der Waals surface area contributed by atoms with Crippen molar-refractivity contribution in [2.45, 2.75) is 193 Å². The van der Waals surface area contributed by atoms with E-state index in [0.29, 0.717) is 19.3 Å². The normalized spacial score (nSPS) is 13.5. The number of aliphatic hydroxyl groups excluding tert-OH is 2. The van der Waals surface area contributed by atoms with E-state index in [2.05, 4.69) is 50.3 Å². The molecule has 0 aromatic carbocycles. The van der Waals surface area contributed by atoms with E-state index in [0.717, 1.165) is 44.9 Å². The van der Waals surface area contributed by atoms with Crippen LogP contribution in [0.3, 0.4) is 0 Å². The first kappa shape index (κ1) is 49.3. The van der Waals surface area contributed by atoms with Gasteiger partial charge in [-0.25, -0.2) is 0 Å². The highest BCUT2D eigenvalue weighted by molar-refractivity contribution is 5.70. The summed E-state index contributed by atoms with van der Waals surface area (Å²) < 4.78 is 10.5. The molecular weight excluding hydrogens is 648 g/mol. The first-order valence-electron chi connectivity index (χ1n) is 21.1. The summed E-state index contributed by atoms with van der Waals surface area (Å²) in [5, 5.41) is 19.7. The number of allylic oxidation sites excluding steroid dienone is 10. The van der Waals surface area contributed by atoms with Gasteiger partial charge in [-0.05, 0) is 44.9 Å². The summed E-state index contributed by atoms with van der Waals surface area (Å²) in [7, 11) is 0. The number of hydrogen-bond acceptors (Lipinski definition) is 6. The highest BCUT2D eigenvalue weighted by atomic mass is 16.6. The Labute approximate surface area is 319 Å². The van der Waals surface area contributed by atoms with Crippen LogP contribution < -0.4 is 0 Å². The molecule has 2 atom stereocenters. The van der Waals surface area contributed by atoms with Gasteiger partial charge in [-0.2, -0.15) is 0 Å². The number of aliphatic hydroxyl groups is 2. The van der Waals surface area contributed by atoms with Gasteiger partial charge in [0.05, 0.1) is 12.7 Å². The predicted molar refractivity (Wildman–Crippen MR) is 220 cm³/mol. The first-order valence-corrected chi connectivity index (χ1v) is 21.1. The second-order valence-electron chi connectivity index (χ2n) is 13.9. The predicted octanol–water partition coefficient (Wildman–Crippen LogP) is 12.3. The minimum atomic E-state index is -0.855. The lowest BCUT2D eigenvalue weighted by molar-refractivity contribution is -0.161. The summed E-state index contributed by atoms with van der Waals surface area (Å²) in [6.45, 7) is 3.88. The average molecular weight is 727 g/mol. The van der Waals surface area contributed by atoms with Crippen LogP contribution in [0.15, 0.2) is 72.9 Å². The van der Waals surface area contributed by atoms with Crippen LogP contribution in [-0.4, -0.2) is 47.6 Å². The van der Waals surface area contributed by atoms with Gasteiger partial charge in [-0.1, -0.05) is 196 Å². The Morgan fingerprint density at radius 3 is 1.58 bits per heavy atom. The molecule has 2 N–H and O–H groups in total. The van der Waals surface area contributed by atoms with E-state index < -0.39 is 24.8 Å². The molecule has 0 saturated carbocycles. The van der Waals surface area contributed by atoms with E-state index in [9.17, 15) is 19.8 Å². The Balaban J connectivity index is 3.75. The Bertz CT molecular complexity index is 975. The van der Waals surface area contributed by atoms with Crippen LogP contribution in [-0.2, 0) is 19.1 Å². The summed E-state index contributed by atoms with van der Waals surface area (Å²) in [6.07, 6.45) is 51.4. The molecule has 0 aromatic rings. The highest BCUT2D eigenvalue weighted by Gasteiger charge is 2.15. The summed E-state index contributed by atoms with van der Waals surface area (Å²) >= 11 is 0. The smallest absolute Gasteiger partial charge is 0.306 e. The monoisotopic (exact) mass is 727 g/mol. The maximum absolute atomic E-state index is 12.2. The van der Waals surface area contributed by atoms with Crippen molar-refractivity contribution < 1.29 is 29.3 Å². The highest BCUT2D eigenvalue weighted by Crippen LogP contribution is 2.15. The fourth-order valence-corrected chi connectivity index (χ4v) is 5.66. The number of ether oxygens (including phenoxy) is 2. The van der Waals surface area contributed by atoms with Gasteiger partial charge in [-0.3, -0.25) is 9.59 Å². The minimum Gasteiger partial charge on any atom is -0.462 e. The van der Waals surface area contributed by atoms with Gasteiger partial charge in [0.25, 0.3) is 0 Å². The Kier molecular flexibility index (Phi) is 38.9. The third-order valence-corrected chi connectivity index (χ3v) is 8.86. The largest absolute Gasteiger partial charge is 0.462 e. The quantitative estimate of drug-likeness (QED) is 0.0286. The number of carbonyl (C=O) groups excluding carboxylic acids is 2. The summed E-state index contributed by atoms with van der Waals surface area (Å²) in [5.41, 5.74) is 0. The third-order valence-electron chi connectivity index (χ3n) is 8.86. The number of rotatable bonds is 37. The SMILES string of the molecule is CC/C=C\C/C=C\C/C=C\C/C=C\C=C/C(O)C/C=C\CCC(=O)O[C@@H](CO)COC(=O)CCCCCCCCCCCCCCCCCCCC. The lowest BCUT2D eigenvalue weighted by atomic mass is 10.0. The van der Waals surface area contributed by atoms with Gasteiger partial charge in [0, 0.05) is 12.8 Å². The van der Waals surface area contributed by atoms with Crippen molar-refractivity contribution in [1.82, 2.24) is 0 Å². The van der Waals surface area contributed by atoms with Crippen molar-refractivity contribution in [3.63, 3.8) is 0 Å². The van der Waals surface area contributed by atoms with Crippen molar-refractivity contribution >= 4 is 11.9 Å². The van der Waals surface area contributed by atoms with Gasteiger partial charge < -0.3 is 19.7 Å². The molecule has 298 valence electrons. The van der Waals surface area contributed by atoms with Gasteiger partial charge in [0.15, 0.2) is 6.10 Å². The van der Waals surface area contributed by atoms with Crippen LogP contribution in [0.5, 0.6) is 0 Å². The Morgan fingerprint density at radius 2 is 1.06 bits per heavy atom. The van der Waals surface area contributed by atoms with E-state index in [-0.39, 0.29) is 19.0 Å². The summed E-state index contributed by atoms with van der Waals surface area (Å²) in [4.78, 5) is 24.3. The van der Waals surface area contributed by atoms with Gasteiger partial charge in [0.1, 0.15) is 6.61 Å². The standard InChI is InChI=1S/C46H78O6/c1-3-5-7-9-11-13-15-17-18-19-20-21-23-25-27-29-31-35-39-45(49)51-42-44(41-47)52-46(50)40-36-32-34-38-43(48)37-33-30-28-26-24-22-16-14-12-10-8-6-4-2/h6,8,12,14,22,24,28,30,32-34,37,43-44,47-48H,3-5,7,9-11,13,15-21,23,25-27,29,31,35-36,38-42H2,1-2H3/b8-6-,14-12-,24-22-,30-28-,34-32-,37-33-/t43?,44-/m0/s1. The molecule has 0 bridgehead atoms. The molecular formula is C46H78O6. The summed E-state index contributed by atoms with van der Waals surface area (Å²) in [6, 6.07) is 0. The topological polar surface area (TPSA) is 93.1 Å². The molecule has 0 rings (SSSR count). The molecule has 0 aliphatic rings. The molecule has 0 spiro atoms. The fraction of sp³-hybridized carbons (Fsp3) is 0.696.